The number of nitrogens with one attached hydrogen (secondary N) is 2. The van der Waals surface area contributed by atoms with E-state index >= 15 is 0 Å². The lowest BCUT2D eigenvalue weighted by atomic mass is 9.78. The van der Waals surface area contributed by atoms with E-state index in [2.05, 4.69) is 34.9 Å². The minimum atomic E-state index is -0.800. The van der Waals surface area contributed by atoms with Crippen LogP contribution in [0.2, 0.25) is 0 Å². The number of hydrogen-bond acceptors (Lipinski definition) is 4. The van der Waals surface area contributed by atoms with E-state index in [1.165, 1.54) is 11.1 Å². The van der Waals surface area contributed by atoms with Gasteiger partial charge in [-0.05, 0) is 60.3 Å². The lowest BCUT2D eigenvalue weighted by Crippen LogP contribution is -2.47. The molecule has 0 bridgehead atoms. The number of aliphatic carboxylic acids is 1. The van der Waals surface area contributed by atoms with E-state index in [9.17, 15) is 19.5 Å². The molecule has 0 heterocycles. The summed E-state index contributed by atoms with van der Waals surface area (Å²) >= 11 is 0. The first-order valence-electron chi connectivity index (χ1n) is 12.6. The van der Waals surface area contributed by atoms with Crippen LogP contribution in [0.3, 0.4) is 0 Å². The summed E-state index contributed by atoms with van der Waals surface area (Å²) in [5.41, 5.74) is 4.68. The second-order valence-electron chi connectivity index (χ2n) is 10.1. The first-order chi connectivity index (χ1) is 17.0. The van der Waals surface area contributed by atoms with Gasteiger partial charge in [-0.1, -0.05) is 55.0 Å². The molecule has 2 fully saturated rings. The first kappa shape index (κ1) is 23.4. The fourth-order valence-electron chi connectivity index (χ4n) is 5.79. The Hall–Kier alpha value is -3.35. The fraction of sp³-hybridized carbons (Fsp3) is 0.464. The Kier molecular flexibility index (Phi) is 6.75. The summed E-state index contributed by atoms with van der Waals surface area (Å²) in [4.78, 5) is 36.7. The van der Waals surface area contributed by atoms with E-state index in [0.717, 1.165) is 30.4 Å². The SMILES string of the molecule is O=C(CC(NC(=O)OCC1c2ccccc2-c2ccccc21)C1CCC1)N[C@H]1CC[C@@H](C(=O)O)C1. The maximum Gasteiger partial charge on any atom is 0.407 e. The highest BCUT2D eigenvalue weighted by Gasteiger charge is 2.34. The molecule has 1 unspecified atom stereocenters. The van der Waals surface area contributed by atoms with E-state index in [1.54, 1.807) is 0 Å². The zero-order chi connectivity index (χ0) is 24.4. The molecule has 184 valence electrons. The molecule has 2 aromatic rings. The third-order valence-electron chi connectivity index (χ3n) is 7.92. The van der Waals surface area contributed by atoms with E-state index in [1.807, 2.05) is 24.3 Å². The summed E-state index contributed by atoms with van der Waals surface area (Å²) < 4.78 is 5.70. The quantitative estimate of drug-likeness (QED) is 0.522. The monoisotopic (exact) mass is 476 g/mol. The van der Waals surface area contributed by atoms with Gasteiger partial charge >= 0.3 is 12.1 Å². The van der Waals surface area contributed by atoms with Crippen LogP contribution >= 0.6 is 0 Å². The molecule has 3 aliphatic rings. The van der Waals surface area contributed by atoms with Gasteiger partial charge in [-0.2, -0.15) is 0 Å². The molecule has 2 amide bonds. The number of amides is 2. The molecule has 0 saturated heterocycles. The van der Waals surface area contributed by atoms with Gasteiger partial charge in [-0.25, -0.2) is 4.79 Å². The van der Waals surface area contributed by atoms with Crippen LogP contribution in [-0.2, 0) is 14.3 Å². The van der Waals surface area contributed by atoms with Crippen molar-refractivity contribution in [3.63, 3.8) is 0 Å². The summed E-state index contributed by atoms with van der Waals surface area (Å²) in [6.07, 6.45) is 4.47. The fourth-order valence-corrected chi connectivity index (χ4v) is 5.79. The molecular weight excluding hydrogens is 444 g/mol. The van der Waals surface area contributed by atoms with Crippen LogP contribution in [0, 0.1) is 11.8 Å². The normalized spacial score (nSPS) is 21.9. The molecule has 35 heavy (non-hydrogen) atoms. The number of carboxylic acids is 1. The molecule has 7 nitrogen and oxygen atoms in total. The number of benzene rings is 2. The van der Waals surface area contributed by atoms with Crippen molar-refractivity contribution in [2.24, 2.45) is 11.8 Å². The van der Waals surface area contributed by atoms with E-state index in [4.69, 9.17) is 4.74 Å². The molecule has 0 spiro atoms. The second-order valence-corrected chi connectivity index (χ2v) is 10.1. The predicted molar refractivity (Wildman–Crippen MR) is 131 cm³/mol. The first-order valence-corrected chi connectivity index (χ1v) is 12.6. The molecule has 2 saturated carbocycles. The highest BCUT2D eigenvalue weighted by molar-refractivity contribution is 5.80. The number of rotatable bonds is 8. The molecule has 3 atom stereocenters. The molecule has 7 heteroatoms. The van der Waals surface area contributed by atoms with Crippen molar-refractivity contribution in [1.82, 2.24) is 10.6 Å². The molecule has 3 aliphatic carbocycles. The Morgan fingerprint density at radius 3 is 2.17 bits per heavy atom. The minimum Gasteiger partial charge on any atom is -0.481 e. The maximum absolute atomic E-state index is 12.8. The summed E-state index contributed by atoms with van der Waals surface area (Å²) in [6.45, 7) is 0.238. The van der Waals surface area contributed by atoms with Gasteiger partial charge in [0.1, 0.15) is 6.61 Å². The third-order valence-corrected chi connectivity index (χ3v) is 7.92. The van der Waals surface area contributed by atoms with Gasteiger partial charge < -0.3 is 20.5 Å². The van der Waals surface area contributed by atoms with Crippen LogP contribution in [0.15, 0.2) is 48.5 Å². The van der Waals surface area contributed by atoms with Crippen LogP contribution < -0.4 is 10.6 Å². The van der Waals surface area contributed by atoms with Crippen LogP contribution in [-0.4, -0.2) is 41.8 Å². The Bertz CT molecular complexity index is 1070. The smallest absolute Gasteiger partial charge is 0.407 e. The minimum absolute atomic E-state index is 0.0110. The number of fused-ring (bicyclic) bond motifs is 3. The average Bonchev–Trinajstić information content (AvgIpc) is 3.39. The summed E-state index contributed by atoms with van der Waals surface area (Å²) in [5, 5.41) is 15.1. The lowest BCUT2D eigenvalue weighted by Gasteiger charge is -2.34. The standard InChI is InChI=1S/C28H32N2O5/c31-26(29-19-13-12-18(14-19)27(32)33)15-25(17-6-5-7-17)30-28(34)35-16-24-22-10-3-1-8-20(22)21-9-2-4-11-23(21)24/h1-4,8-11,17-19,24-25H,5-7,12-16H2,(H,29,31)(H,30,34)(H,32,33)/t18-,19+,25?/m1/s1. The van der Waals surface area contributed by atoms with Crippen LogP contribution in [0.25, 0.3) is 11.1 Å². The zero-order valence-electron chi connectivity index (χ0n) is 19.7. The average molecular weight is 477 g/mol. The number of carbonyl (C=O) groups is 3. The van der Waals surface area contributed by atoms with Gasteiger partial charge in [0, 0.05) is 24.4 Å². The van der Waals surface area contributed by atoms with Crippen molar-refractivity contribution in [2.75, 3.05) is 6.61 Å². The Morgan fingerprint density at radius 1 is 0.943 bits per heavy atom. The van der Waals surface area contributed by atoms with Crippen molar-refractivity contribution in [2.45, 2.75) is 62.9 Å². The number of ether oxygens (including phenoxy) is 1. The highest BCUT2D eigenvalue weighted by atomic mass is 16.5. The van der Waals surface area contributed by atoms with Gasteiger partial charge in [0.2, 0.25) is 5.91 Å². The molecule has 3 N–H and O–H groups in total. The molecule has 0 radical (unpaired) electrons. The van der Waals surface area contributed by atoms with Crippen molar-refractivity contribution in [1.29, 1.82) is 0 Å². The maximum atomic E-state index is 12.8. The third kappa shape index (κ3) is 5.04. The summed E-state index contributed by atoms with van der Waals surface area (Å²) in [6, 6.07) is 16.0. The Balaban J connectivity index is 1.17. The van der Waals surface area contributed by atoms with E-state index in [-0.39, 0.29) is 48.8 Å². The number of carboxylic acid groups (broad SMARTS) is 1. The van der Waals surface area contributed by atoms with Gasteiger partial charge in [-0.3, -0.25) is 9.59 Å². The summed E-state index contributed by atoms with van der Waals surface area (Å²) in [5.74, 6) is -1.08. The molecular formula is C28H32N2O5. The van der Waals surface area contributed by atoms with Crippen molar-refractivity contribution >= 4 is 18.0 Å². The van der Waals surface area contributed by atoms with Gasteiger partial charge in [0.05, 0.1) is 5.92 Å². The molecule has 2 aromatic carbocycles. The molecule has 5 rings (SSSR count). The Morgan fingerprint density at radius 2 is 1.60 bits per heavy atom. The lowest BCUT2D eigenvalue weighted by molar-refractivity contribution is -0.141. The van der Waals surface area contributed by atoms with Crippen molar-refractivity contribution < 1.29 is 24.2 Å². The molecule has 0 aromatic heterocycles. The van der Waals surface area contributed by atoms with Crippen LogP contribution in [0.4, 0.5) is 4.79 Å². The highest BCUT2D eigenvalue weighted by Crippen LogP contribution is 2.44. The number of alkyl carbamates (subject to hydrolysis) is 1. The van der Waals surface area contributed by atoms with Crippen molar-refractivity contribution in [3.05, 3.63) is 59.7 Å². The second kappa shape index (κ2) is 10.1. The van der Waals surface area contributed by atoms with Gasteiger partial charge in [0.25, 0.3) is 0 Å². The summed E-state index contributed by atoms with van der Waals surface area (Å²) in [7, 11) is 0. The number of carbonyl (C=O) groups excluding carboxylic acids is 2. The number of hydrogen-bond donors (Lipinski definition) is 3. The topological polar surface area (TPSA) is 105 Å². The Labute approximate surface area is 205 Å². The predicted octanol–water partition coefficient (Wildman–Crippen LogP) is 4.45. The van der Waals surface area contributed by atoms with Crippen LogP contribution in [0.5, 0.6) is 0 Å². The molecule has 0 aliphatic heterocycles. The van der Waals surface area contributed by atoms with E-state index < -0.39 is 12.1 Å². The van der Waals surface area contributed by atoms with E-state index in [0.29, 0.717) is 19.3 Å². The van der Waals surface area contributed by atoms with Crippen LogP contribution in [0.1, 0.15) is 62.0 Å². The van der Waals surface area contributed by atoms with Gasteiger partial charge in [0.15, 0.2) is 0 Å². The largest absolute Gasteiger partial charge is 0.481 e. The zero-order valence-corrected chi connectivity index (χ0v) is 19.7. The van der Waals surface area contributed by atoms with Gasteiger partial charge in [-0.15, -0.1) is 0 Å². The van der Waals surface area contributed by atoms with Crippen molar-refractivity contribution in [3.8, 4) is 11.1 Å².